The van der Waals surface area contributed by atoms with Crippen LogP contribution in [0.5, 0.6) is 0 Å². The molecule has 0 fully saturated rings. The Balaban J connectivity index is 3.19. The molecule has 0 amide bonds. The summed E-state index contributed by atoms with van der Waals surface area (Å²) < 4.78 is 51.2. The number of aliphatic carboxylic acids is 1. The maximum Gasteiger partial charge on any atom is 0.307 e. The molecule has 1 atom stereocenters. The Bertz CT molecular complexity index is 758. The lowest BCUT2D eigenvalue weighted by molar-refractivity contribution is -0.141. The van der Waals surface area contributed by atoms with Crippen molar-refractivity contribution >= 4 is 26.0 Å². The van der Waals surface area contributed by atoms with Crippen molar-refractivity contribution in [2.75, 3.05) is 20.6 Å². The third kappa shape index (κ3) is 4.03. The maximum absolute atomic E-state index is 12.4. The molecule has 0 saturated heterocycles. The van der Waals surface area contributed by atoms with Crippen LogP contribution in [0.1, 0.15) is 6.92 Å². The Morgan fingerprint density at radius 2 is 1.82 bits per heavy atom. The van der Waals surface area contributed by atoms with Crippen LogP contribution in [0.3, 0.4) is 0 Å². The second kappa shape index (κ2) is 6.73. The average molecular weight is 350 g/mol. The van der Waals surface area contributed by atoms with E-state index in [2.05, 4.69) is 4.72 Å². The summed E-state index contributed by atoms with van der Waals surface area (Å²) in [5, 5.41) is 8.84. The van der Waals surface area contributed by atoms with Crippen molar-refractivity contribution in [3.05, 3.63) is 24.3 Å². The van der Waals surface area contributed by atoms with Crippen molar-refractivity contribution in [2.24, 2.45) is 5.92 Å². The number of benzene rings is 1. The second-order valence-corrected chi connectivity index (χ2v) is 8.64. The summed E-state index contributed by atoms with van der Waals surface area (Å²) in [6.07, 6.45) is 0. The van der Waals surface area contributed by atoms with Crippen molar-refractivity contribution < 1.29 is 26.7 Å². The fraction of sp³-hybridized carbons (Fsp3) is 0.417. The molecular formula is C12H18N2O6S2. The lowest BCUT2D eigenvalue weighted by atomic mass is 10.2. The maximum atomic E-state index is 12.4. The highest BCUT2D eigenvalue weighted by molar-refractivity contribution is 7.90. The fourth-order valence-corrected chi connectivity index (χ4v) is 3.82. The fourth-order valence-electron chi connectivity index (χ4n) is 1.66. The van der Waals surface area contributed by atoms with E-state index in [0.29, 0.717) is 0 Å². The number of rotatable bonds is 7. The molecule has 0 heterocycles. The van der Waals surface area contributed by atoms with Crippen molar-refractivity contribution in [1.29, 1.82) is 0 Å². The van der Waals surface area contributed by atoms with Crippen molar-refractivity contribution in [1.82, 2.24) is 9.03 Å². The Hall–Kier alpha value is -1.49. The minimum absolute atomic E-state index is 0.184. The van der Waals surface area contributed by atoms with Gasteiger partial charge in [0.1, 0.15) is 0 Å². The van der Waals surface area contributed by atoms with E-state index in [1.54, 1.807) is 0 Å². The smallest absolute Gasteiger partial charge is 0.307 e. The first-order chi connectivity index (χ1) is 10.0. The van der Waals surface area contributed by atoms with Crippen molar-refractivity contribution in [3.63, 3.8) is 0 Å². The van der Waals surface area contributed by atoms with Gasteiger partial charge in [0.15, 0.2) is 0 Å². The topological polar surface area (TPSA) is 121 Å². The summed E-state index contributed by atoms with van der Waals surface area (Å²) in [6.45, 7) is 1.16. The zero-order chi connectivity index (χ0) is 17.1. The average Bonchev–Trinajstić information content (AvgIpc) is 2.47. The number of hydrogen-bond acceptors (Lipinski definition) is 5. The van der Waals surface area contributed by atoms with Crippen LogP contribution in [0.2, 0.25) is 0 Å². The van der Waals surface area contributed by atoms with Gasteiger partial charge >= 0.3 is 5.97 Å². The predicted octanol–water partition coefficient (Wildman–Crippen LogP) is -0.0641. The van der Waals surface area contributed by atoms with E-state index in [9.17, 15) is 21.6 Å². The molecule has 0 aliphatic heterocycles. The van der Waals surface area contributed by atoms with Crippen LogP contribution in [0, 0.1) is 5.92 Å². The quantitative estimate of drug-likeness (QED) is 0.710. The van der Waals surface area contributed by atoms with Gasteiger partial charge in [0, 0.05) is 13.6 Å². The zero-order valence-electron chi connectivity index (χ0n) is 12.3. The molecule has 22 heavy (non-hydrogen) atoms. The van der Waals surface area contributed by atoms with E-state index < -0.39 is 31.9 Å². The van der Waals surface area contributed by atoms with Gasteiger partial charge in [-0.2, -0.15) is 0 Å². The van der Waals surface area contributed by atoms with Crippen LogP contribution in [0.4, 0.5) is 0 Å². The molecule has 124 valence electrons. The van der Waals surface area contributed by atoms with Crippen LogP contribution in [0.15, 0.2) is 34.1 Å². The van der Waals surface area contributed by atoms with E-state index in [-0.39, 0.29) is 16.3 Å². The number of carboxylic acid groups (broad SMARTS) is 1. The van der Waals surface area contributed by atoms with Crippen LogP contribution in [-0.2, 0) is 24.8 Å². The Morgan fingerprint density at radius 1 is 1.27 bits per heavy atom. The van der Waals surface area contributed by atoms with Gasteiger partial charge in [-0.05, 0) is 25.2 Å². The van der Waals surface area contributed by atoms with Gasteiger partial charge in [0.2, 0.25) is 20.0 Å². The molecule has 1 rings (SSSR count). The predicted molar refractivity (Wildman–Crippen MR) is 79.3 cm³/mol. The number of sulfonamides is 2. The van der Waals surface area contributed by atoms with E-state index in [0.717, 1.165) is 10.4 Å². The summed E-state index contributed by atoms with van der Waals surface area (Å²) in [7, 11) is -5.29. The first-order valence-corrected chi connectivity index (χ1v) is 9.17. The van der Waals surface area contributed by atoms with Gasteiger partial charge in [0.05, 0.1) is 15.7 Å². The van der Waals surface area contributed by atoms with Gasteiger partial charge in [0.25, 0.3) is 0 Å². The highest BCUT2D eigenvalue weighted by Gasteiger charge is 2.26. The minimum atomic E-state index is -3.98. The minimum Gasteiger partial charge on any atom is -0.481 e. The summed E-state index contributed by atoms with van der Waals surface area (Å²) >= 11 is 0. The first kappa shape index (κ1) is 18.6. The molecule has 10 heteroatoms. The number of hydrogen-bond donors (Lipinski definition) is 2. The third-order valence-electron chi connectivity index (χ3n) is 3.05. The van der Waals surface area contributed by atoms with Crippen molar-refractivity contribution in [3.8, 4) is 0 Å². The number of carboxylic acids is 1. The molecule has 0 saturated carbocycles. The number of nitrogens with one attached hydrogen (secondary N) is 1. The van der Waals surface area contributed by atoms with Crippen LogP contribution in [0.25, 0.3) is 0 Å². The number of nitrogens with zero attached hydrogens (tertiary/aromatic N) is 1. The van der Waals surface area contributed by atoms with Crippen LogP contribution >= 0.6 is 0 Å². The van der Waals surface area contributed by atoms with E-state index in [4.69, 9.17) is 5.11 Å². The molecule has 0 bridgehead atoms. The van der Waals surface area contributed by atoms with E-state index >= 15 is 0 Å². The summed E-state index contributed by atoms with van der Waals surface area (Å²) in [5.74, 6) is -2.00. The molecule has 0 spiro atoms. The second-order valence-electron chi connectivity index (χ2n) is 4.71. The van der Waals surface area contributed by atoms with E-state index in [1.165, 1.54) is 39.2 Å². The lowest BCUT2D eigenvalue weighted by Gasteiger charge is -2.19. The molecule has 0 aliphatic carbocycles. The largest absolute Gasteiger partial charge is 0.481 e. The normalized spacial score (nSPS) is 14.0. The lowest BCUT2D eigenvalue weighted by Crippen LogP contribution is -2.33. The SMILES string of the molecule is CNS(=O)(=O)c1cccc(S(=O)(=O)N(C)CC(C)C(=O)O)c1. The number of carbonyl (C=O) groups is 1. The van der Waals surface area contributed by atoms with Gasteiger partial charge < -0.3 is 5.11 Å². The molecule has 1 aromatic rings. The molecule has 1 aromatic carbocycles. The molecule has 0 radical (unpaired) electrons. The monoisotopic (exact) mass is 350 g/mol. The zero-order valence-corrected chi connectivity index (χ0v) is 14.0. The molecular weight excluding hydrogens is 332 g/mol. The molecule has 8 nitrogen and oxygen atoms in total. The molecule has 0 aliphatic rings. The van der Waals surface area contributed by atoms with Gasteiger partial charge in [-0.15, -0.1) is 0 Å². The highest BCUT2D eigenvalue weighted by Crippen LogP contribution is 2.19. The molecule has 2 N–H and O–H groups in total. The third-order valence-corrected chi connectivity index (χ3v) is 6.28. The Labute approximate surface area is 129 Å². The van der Waals surface area contributed by atoms with Gasteiger partial charge in [-0.25, -0.2) is 25.9 Å². The first-order valence-electron chi connectivity index (χ1n) is 6.25. The summed E-state index contributed by atoms with van der Waals surface area (Å²) in [4.78, 5) is 10.4. The summed E-state index contributed by atoms with van der Waals surface area (Å²) in [6, 6.07) is 4.87. The van der Waals surface area contributed by atoms with Crippen LogP contribution < -0.4 is 4.72 Å². The van der Waals surface area contributed by atoms with Gasteiger partial charge in [-0.3, -0.25) is 4.79 Å². The Kier molecular flexibility index (Phi) is 5.68. The van der Waals surface area contributed by atoms with Crippen LogP contribution in [-0.4, -0.2) is 52.9 Å². The molecule has 1 unspecified atom stereocenters. The molecule has 0 aromatic heterocycles. The van der Waals surface area contributed by atoms with E-state index in [1.807, 2.05) is 0 Å². The van der Waals surface area contributed by atoms with Gasteiger partial charge in [-0.1, -0.05) is 13.0 Å². The summed E-state index contributed by atoms with van der Waals surface area (Å²) in [5.41, 5.74) is 0. The Morgan fingerprint density at radius 3 is 2.32 bits per heavy atom. The van der Waals surface area contributed by atoms with Crippen molar-refractivity contribution in [2.45, 2.75) is 16.7 Å². The highest BCUT2D eigenvalue weighted by atomic mass is 32.2. The standard InChI is InChI=1S/C12H18N2O6S2/c1-9(12(15)16)8-14(3)22(19,20)11-6-4-5-10(7-11)21(17,18)13-2/h4-7,9,13H,8H2,1-3H3,(H,15,16).